The minimum absolute atomic E-state index is 0.112. The molecule has 9 heteroatoms. The van der Waals surface area contributed by atoms with E-state index >= 15 is 0 Å². The summed E-state index contributed by atoms with van der Waals surface area (Å²) in [4.78, 5) is 29.0. The van der Waals surface area contributed by atoms with E-state index in [0.717, 1.165) is 63.8 Å². The maximum atomic E-state index is 13.0. The average Bonchev–Trinajstić information content (AvgIpc) is 3.74. The fourth-order valence-corrected chi connectivity index (χ4v) is 5.32. The molecular formula is C30H33N7O2. The molecule has 9 nitrogen and oxygen atoms in total. The van der Waals surface area contributed by atoms with Crippen LogP contribution in [0.15, 0.2) is 55.0 Å². The molecule has 0 radical (unpaired) electrons. The molecule has 6 rings (SSSR count). The Morgan fingerprint density at radius 3 is 2.82 bits per heavy atom. The van der Waals surface area contributed by atoms with E-state index in [1.165, 1.54) is 25.9 Å². The van der Waals surface area contributed by atoms with Gasteiger partial charge in [0.25, 0.3) is 5.91 Å². The number of anilines is 1. The fourth-order valence-electron chi connectivity index (χ4n) is 5.32. The van der Waals surface area contributed by atoms with Crippen molar-refractivity contribution >= 4 is 23.2 Å². The molecule has 2 aliphatic heterocycles. The molecule has 0 saturated carbocycles. The van der Waals surface area contributed by atoms with E-state index in [-0.39, 0.29) is 5.91 Å². The van der Waals surface area contributed by atoms with E-state index < -0.39 is 0 Å². The SMILES string of the molecule is Cc1[nH]c(/C=C2\C(=O)Nc3ccc(-c4cnn(-c5ccccn5)c4)cc32)c(C)c1CONCCN1CCCC1. The van der Waals surface area contributed by atoms with E-state index in [4.69, 9.17) is 4.84 Å². The van der Waals surface area contributed by atoms with Crippen LogP contribution >= 0.6 is 0 Å². The molecule has 1 saturated heterocycles. The van der Waals surface area contributed by atoms with Gasteiger partial charge in [-0.25, -0.2) is 15.1 Å². The van der Waals surface area contributed by atoms with Gasteiger partial charge in [0.05, 0.1) is 18.4 Å². The number of aromatic nitrogens is 4. The Hall–Kier alpha value is -4.05. The summed E-state index contributed by atoms with van der Waals surface area (Å²) in [6.45, 7) is 8.74. The monoisotopic (exact) mass is 523 g/mol. The van der Waals surface area contributed by atoms with Crippen LogP contribution in [0.25, 0.3) is 28.6 Å². The number of amides is 1. The van der Waals surface area contributed by atoms with Crippen molar-refractivity contribution in [3.05, 3.63) is 83.1 Å². The molecule has 3 aromatic heterocycles. The number of hydroxylamine groups is 1. The third kappa shape index (κ3) is 5.29. The molecule has 3 N–H and O–H groups in total. The molecular weight excluding hydrogens is 490 g/mol. The third-order valence-corrected chi connectivity index (χ3v) is 7.57. The Kier molecular flexibility index (Phi) is 7.10. The molecule has 0 unspecified atom stereocenters. The highest BCUT2D eigenvalue weighted by Gasteiger charge is 2.26. The van der Waals surface area contributed by atoms with E-state index in [9.17, 15) is 4.79 Å². The van der Waals surface area contributed by atoms with Crippen molar-refractivity contribution in [3.63, 3.8) is 0 Å². The lowest BCUT2D eigenvalue weighted by atomic mass is 10.00. The predicted molar refractivity (Wildman–Crippen MR) is 152 cm³/mol. The van der Waals surface area contributed by atoms with E-state index in [1.807, 2.05) is 61.8 Å². The van der Waals surface area contributed by atoms with Gasteiger partial charge in [0.1, 0.15) is 0 Å². The van der Waals surface area contributed by atoms with Gasteiger partial charge in [-0.15, -0.1) is 0 Å². The second-order valence-corrected chi connectivity index (χ2v) is 10.1. The normalized spacial score (nSPS) is 16.3. The Balaban J connectivity index is 1.19. The number of hydrogen-bond donors (Lipinski definition) is 3. The van der Waals surface area contributed by atoms with Gasteiger partial charge in [-0.1, -0.05) is 12.1 Å². The quantitative estimate of drug-likeness (QED) is 0.170. The first-order valence-corrected chi connectivity index (χ1v) is 13.5. The predicted octanol–water partition coefficient (Wildman–Crippen LogP) is 4.49. The number of carbonyl (C=O) groups excluding carboxylic acids is 1. The summed E-state index contributed by atoms with van der Waals surface area (Å²) in [5.74, 6) is 0.640. The van der Waals surface area contributed by atoms with E-state index in [1.54, 1.807) is 10.9 Å². The highest BCUT2D eigenvalue weighted by atomic mass is 16.6. The summed E-state index contributed by atoms with van der Waals surface area (Å²) in [5.41, 5.74) is 11.5. The second kappa shape index (κ2) is 11.0. The Bertz CT molecular complexity index is 1510. The lowest BCUT2D eigenvalue weighted by Crippen LogP contribution is -2.30. The van der Waals surface area contributed by atoms with Crippen LogP contribution < -0.4 is 10.8 Å². The van der Waals surface area contributed by atoms with Crippen LogP contribution in [0.1, 0.15) is 40.9 Å². The zero-order chi connectivity index (χ0) is 26.8. The number of pyridine rings is 1. The number of benzene rings is 1. The Morgan fingerprint density at radius 1 is 1.13 bits per heavy atom. The molecule has 39 heavy (non-hydrogen) atoms. The summed E-state index contributed by atoms with van der Waals surface area (Å²) in [5, 5.41) is 7.47. The fraction of sp³-hybridized carbons (Fsp3) is 0.300. The van der Waals surface area contributed by atoms with Gasteiger partial charge in [-0.05, 0) is 81.2 Å². The molecule has 2 aliphatic rings. The first kappa shape index (κ1) is 25.2. The molecule has 5 heterocycles. The van der Waals surface area contributed by atoms with Crippen molar-refractivity contribution < 1.29 is 9.63 Å². The van der Waals surface area contributed by atoms with Crippen LogP contribution in [0, 0.1) is 13.8 Å². The summed E-state index contributed by atoms with van der Waals surface area (Å²) < 4.78 is 1.75. The summed E-state index contributed by atoms with van der Waals surface area (Å²) in [6, 6.07) is 11.7. The van der Waals surface area contributed by atoms with Gasteiger partial charge in [0.2, 0.25) is 0 Å². The van der Waals surface area contributed by atoms with Crippen LogP contribution in [0.4, 0.5) is 5.69 Å². The van der Waals surface area contributed by atoms with Gasteiger partial charge in [0, 0.05) is 59.2 Å². The van der Waals surface area contributed by atoms with Crippen LogP contribution in [0.5, 0.6) is 0 Å². The third-order valence-electron chi connectivity index (χ3n) is 7.57. The number of aryl methyl sites for hydroxylation is 1. The maximum absolute atomic E-state index is 13.0. The topological polar surface area (TPSA) is 100 Å². The molecule has 1 fully saturated rings. The van der Waals surface area contributed by atoms with Crippen LogP contribution in [0.2, 0.25) is 0 Å². The summed E-state index contributed by atoms with van der Waals surface area (Å²) in [7, 11) is 0. The molecule has 0 bridgehead atoms. The van der Waals surface area contributed by atoms with Crippen LogP contribution in [0.3, 0.4) is 0 Å². The number of rotatable bonds is 9. The Labute approximate surface area is 227 Å². The van der Waals surface area contributed by atoms with Crippen molar-refractivity contribution in [2.75, 3.05) is 31.5 Å². The standard InChI is InChI=1S/C30H33N7O2/c1-20-26(19-39-33-11-14-36-12-5-6-13-36)21(2)34-28(20)16-25-24-15-22(8-9-27(24)35-30(25)38)23-17-32-37(18-23)29-7-3-4-10-31-29/h3-4,7-10,15-18,33-34H,5-6,11-14,19H2,1-2H3,(H,35,38)/b25-16-. The summed E-state index contributed by atoms with van der Waals surface area (Å²) in [6.07, 6.45) is 10.0. The number of fused-ring (bicyclic) bond motifs is 1. The van der Waals surface area contributed by atoms with Gasteiger partial charge in [-0.2, -0.15) is 5.10 Å². The van der Waals surface area contributed by atoms with Gasteiger partial charge >= 0.3 is 0 Å². The second-order valence-electron chi connectivity index (χ2n) is 10.1. The van der Waals surface area contributed by atoms with Crippen LogP contribution in [-0.2, 0) is 16.2 Å². The van der Waals surface area contributed by atoms with Gasteiger partial charge in [-0.3, -0.25) is 9.63 Å². The Morgan fingerprint density at radius 2 is 2.00 bits per heavy atom. The van der Waals surface area contributed by atoms with Crippen molar-refractivity contribution in [2.45, 2.75) is 33.3 Å². The molecule has 0 spiro atoms. The number of hydrogen-bond acceptors (Lipinski definition) is 6. The molecule has 1 aromatic carbocycles. The number of likely N-dealkylation sites (tertiary alicyclic amines) is 1. The number of nitrogens with one attached hydrogen (secondary N) is 3. The van der Waals surface area contributed by atoms with Crippen molar-refractivity contribution in [1.29, 1.82) is 0 Å². The highest BCUT2D eigenvalue weighted by Crippen LogP contribution is 2.37. The molecule has 1 amide bonds. The minimum Gasteiger partial charge on any atom is -0.359 e. The first-order valence-electron chi connectivity index (χ1n) is 13.5. The number of carbonyl (C=O) groups is 1. The summed E-state index contributed by atoms with van der Waals surface area (Å²) >= 11 is 0. The number of H-pyrrole nitrogens is 1. The van der Waals surface area contributed by atoms with Crippen molar-refractivity contribution in [1.82, 2.24) is 30.1 Å². The van der Waals surface area contributed by atoms with Crippen LogP contribution in [-0.4, -0.2) is 56.7 Å². The lowest BCUT2D eigenvalue weighted by molar-refractivity contribution is -0.110. The van der Waals surface area contributed by atoms with Crippen molar-refractivity contribution in [3.8, 4) is 16.9 Å². The lowest BCUT2D eigenvalue weighted by Gasteiger charge is -2.14. The molecule has 0 atom stereocenters. The van der Waals surface area contributed by atoms with Crippen molar-refractivity contribution in [2.24, 2.45) is 0 Å². The van der Waals surface area contributed by atoms with Gasteiger partial charge < -0.3 is 15.2 Å². The molecule has 0 aliphatic carbocycles. The molecule has 200 valence electrons. The molecule has 4 aromatic rings. The number of nitrogens with zero attached hydrogens (tertiary/aromatic N) is 4. The number of aromatic amines is 1. The largest absolute Gasteiger partial charge is 0.359 e. The average molecular weight is 524 g/mol. The van der Waals surface area contributed by atoms with E-state index in [2.05, 4.69) is 37.7 Å². The zero-order valence-electron chi connectivity index (χ0n) is 22.3. The van der Waals surface area contributed by atoms with Gasteiger partial charge in [0.15, 0.2) is 5.82 Å². The van der Waals surface area contributed by atoms with E-state index in [0.29, 0.717) is 12.2 Å². The smallest absolute Gasteiger partial charge is 0.256 e. The first-order chi connectivity index (χ1) is 19.1. The minimum atomic E-state index is -0.112. The zero-order valence-corrected chi connectivity index (χ0v) is 22.3. The highest BCUT2D eigenvalue weighted by molar-refractivity contribution is 6.35. The maximum Gasteiger partial charge on any atom is 0.256 e.